The number of nitrogens with one attached hydrogen (secondary N) is 2. The van der Waals surface area contributed by atoms with Crippen LogP contribution in [0, 0.1) is 12.8 Å². The number of nitrogens with zero attached hydrogens (tertiary/aromatic N) is 2. The van der Waals surface area contributed by atoms with Gasteiger partial charge in [-0.25, -0.2) is 4.99 Å². The van der Waals surface area contributed by atoms with Crippen LogP contribution in [-0.4, -0.2) is 76.1 Å². The summed E-state index contributed by atoms with van der Waals surface area (Å²) in [7, 11) is 0. The Balaban J connectivity index is 1.68. The fraction of sp³-hybridized carbons (Fsp3) is 0.682. The summed E-state index contributed by atoms with van der Waals surface area (Å²) in [5.74, 6) is 1.29. The lowest BCUT2D eigenvalue weighted by Gasteiger charge is -2.37. The van der Waals surface area contributed by atoms with E-state index >= 15 is 0 Å². The summed E-state index contributed by atoms with van der Waals surface area (Å²) in [6.45, 7) is 7.63. The van der Waals surface area contributed by atoms with Crippen LogP contribution in [0.1, 0.15) is 24.5 Å². The van der Waals surface area contributed by atoms with Crippen LogP contribution in [0.4, 0.5) is 8.78 Å². The Morgan fingerprint density at radius 1 is 1.23 bits per heavy atom. The second kappa shape index (κ2) is 12.2. The van der Waals surface area contributed by atoms with Gasteiger partial charge in [-0.05, 0) is 26.3 Å². The lowest BCUT2D eigenvalue weighted by atomic mass is 9.97. The van der Waals surface area contributed by atoms with Gasteiger partial charge >= 0.3 is 6.61 Å². The van der Waals surface area contributed by atoms with Gasteiger partial charge in [0.2, 0.25) is 0 Å². The van der Waals surface area contributed by atoms with E-state index in [1.807, 2.05) is 19.9 Å². The highest BCUT2D eigenvalue weighted by Crippen LogP contribution is 2.23. The topological polar surface area (TPSA) is 67.4 Å². The maximum atomic E-state index is 12.7. The van der Waals surface area contributed by atoms with Crippen molar-refractivity contribution in [2.45, 2.75) is 39.5 Å². The standard InChI is InChI=1S/C22H34F2N4O3/c1-3-25-22(26-13-18-12-16(2)4-5-20(18)31-21(23)24)27-14-19(17-6-9-30-15-17)28-7-10-29-11-8-28/h4-5,12,17,19,21H,3,6-11,13-15H2,1-2H3,(H2,25,26,27). The predicted molar refractivity (Wildman–Crippen MR) is 116 cm³/mol. The molecule has 3 rings (SSSR count). The normalized spacial score (nSPS) is 21.3. The summed E-state index contributed by atoms with van der Waals surface area (Å²) in [5, 5.41) is 6.70. The van der Waals surface area contributed by atoms with E-state index in [1.54, 1.807) is 12.1 Å². The smallest absolute Gasteiger partial charge is 0.387 e. The zero-order valence-corrected chi connectivity index (χ0v) is 18.4. The summed E-state index contributed by atoms with van der Waals surface area (Å²) >= 11 is 0. The molecule has 2 heterocycles. The van der Waals surface area contributed by atoms with Crippen molar-refractivity contribution in [2.75, 3.05) is 52.6 Å². The summed E-state index contributed by atoms with van der Waals surface area (Å²) in [6.07, 6.45) is 1.05. The quantitative estimate of drug-likeness (QED) is 0.454. The molecule has 2 saturated heterocycles. The van der Waals surface area contributed by atoms with Crippen LogP contribution < -0.4 is 15.4 Å². The average Bonchev–Trinajstić information content (AvgIpc) is 3.29. The van der Waals surface area contributed by atoms with Crippen LogP contribution in [0.5, 0.6) is 5.75 Å². The molecule has 0 radical (unpaired) electrons. The minimum atomic E-state index is -2.86. The summed E-state index contributed by atoms with van der Waals surface area (Å²) in [6, 6.07) is 5.48. The maximum absolute atomic E-state index is 12.7. The van der Waals surface area contributed by atoms with E-state index in [-0.39, 0.29) is 12.3 Å². The van der Waals surface area contributed by atoms with Crippen molar-refractivity contribution in [3.63, 3.8) is 0 Å². The number of hydrogen-bond donors (Lipinski definition) is 2. The van der Waals surface area contributed by atoms with Crippen LogP contribution in [0.2, 0.25) is 0 Å². The fourth-order valence-corrected chi connectivity index (χ4v) is 4.11. The number of aryl methyl sites for hydroxylation is 1. The Bertz CT molecular complexity index is 708. The van der Waals surface area contributed by atoms with Gasteiger partial charge in [0.25, 0.3) is 0 Å². The summed E-state index contributed by atoms with van der Waals surface area (Å²) in [5.41, 5.74) is 1.60. The highest BCUT2D eigenvalue weighted by molar-refractivity contribution is 5.79. The fourth-order valence-electron chi connectivity index (χ4n) is 4.11. The van der Waals surface area contributed by atoms with Gasteiger partial charge in [0.1, 0.15) is 5.75 Å². The van der Waals surface area contributed by atoms with Gasteiger partial charge in [0.05, 0.1) is 26.4 Å². The van der Waals surface area contributed by atoms with Crippen LogP contribution in [0.25, 0.3) is 0 Å². The molecule has 2 aliphatic heterocycles. The first-order valence-electron chi connectivity index (χ1n) is 11.0. The van der Waals surface area contributed by atoms with Crippen LogP contribution in [0.15, 0.2) is 23.2 Å². The van der Waals surface area contributed by atoms with E-state index in [1.165, 1.54) is 0 Å². The number of alkyl halides is 2. The van der Waals surface area contributed by atoms with Gasteiger partial charge in [0.15, 0.2) is 5.96 Å². The maximum Gasteiger partial charge on any atom is 0.387 e. The van der Waals surface area contributed by atoms with Gasteiger partial charge in [-0.1, -0.05) is 17.7 Å². The first-order chi connectivity index (χ1) is 15.1. The molecule has 2 unspecified atom stereocenters. The van der Waals surface area contributed by atoms with Crippen molar-refractivity contribution in [3.8, 4) is 5.75 Å². The molecule has 31 heavy (non-hydrogen) atoms. The number of rotatable bonds is 9. The molecular formula is C22H34F2N4O3. The van der Waals surface area contributed by atoms with Crippen molar-refractivity contribution in [3.05, 3.63) is 29.3 Å². The minimum absolute atomic E-state index is 0.162. The third kappa shape index (κ3) is 7.29. The average molecular weight is 441 g/mol. The SMILES string of the molecule is CCNC(=NCc1cc(C)ccc1OC(F)F)NCC(C1CCOC1)N1CCOCC1. The molecule has 2 atom stereocenters. The van der Waals surface area contributed by atoms with Gasteiger partial charge in [0, 0.05) is 50.3 Å². The molecule has 0 aliphatic carbocycles. The molecule has 2 N–H and O–H groups in total. The molecule has 2 aliphatic rings. The molecule has 7 nitrogen and oxygen atoms in total. The molecule has 0 saturated carbocycles. The van der Waals surface area contributed by atoms with Crippen molar-refractivity contribution in [1.29, 1.82) is 0 Å². The monoisotopic (exact) mass is 440 g/mol. The highest BCUT2D eigenvalue weighted by atomic mass is 19.3. The number of ether oxygens (including phenoxy) is 3. The Hall–Kier alpha value is -1.97. The predicted octanol–water partition coefficient (Wildman–Crippen LogP) is 2.39. The molecule has 0 aromatic heterocycles. The van der Waals surface area contributed by atoms with Crippen molar-refractivity contribution in [1.82, 2.24) is 15.5 Å². The summed E-state index contributed by atoms with van der Waals surface area (Å²) < 4.78 is 41.3. The van der Waals surface area contributed by atoms with E-state index < -0.39 is 6.61 Å². The number of guanidine groups is 1. The largest absolute Gasteiger partial charge is 0.434 e. The lowest BCUT2D eigenvalue weighted by molar-refractivity contribution is -0.0504. The van der Waals surface area contributed by atoms with Crippen LogP contribution in [-0.2, 0) is 16.0 Å². The molecule has 0 spiro atoms. The molecule has 2 fully saturated rings. The third-order valence-corrected chi connectivity index (χ3v) is 5.69. The minimum Gasteiger partial charge on any atom is -0.434 e. The first-order valence-corrected chi connectivity index (χ1v) is 11.0. The van der Waals surface area contributed by atoms with E-state index in [0.29, 0.717) is 30.0 Å². The lowest BCUT2D eigenvalue weighted by Crippen LogP contribution is -2.53. The number of aliphatic imine (C=N–C) groups is 1. The van der Waals surface area contributed by atoms with Gasteiger partial charge in [-0.3, -0.25) is 4.90 Å². The molecular weight excluding hydrogens is 406 g/mol. The van der Waals surface area contributed by atoms with Gasteiger partial charge in [-0.15, -0.1) is 0 Å². The van der Waals surface area contributed by atoms with Gasteiger partial charge < -0.3 is 24.8 Å². The number of hydrogen-bond acceptors (Lipinski definition) is 5. The summed E-state index contributed by atoms with van der Waals surface area (Å²) in [4.78, 5) is 7.10. The molecule has 174 valence electrons. The Morgan fingerprint density at radius 2 is 2.03 bits per heavy atom. The van der Waals surface area contributed by atoms with Crippen LogP contribution >= 0.6 is 0 Å². The van der Waals surface area contributed by atoms with Crippen LogP contribution in [0.3, 0.4) is 0 Å². The highest BCUT2D eigenvalue weighted by Gasteiger charge is 2.31. The zero-order valence-electron chi connectivity index (χ0n) is 18.4. The van der Waals surface area contributed by atoms with E-state index in [9.17, 15) is 8.78 Å². The third-order valence-electron chi connectivity index (χ3n) is 5.69. The van der Waals surface area contributed by atoms with Gasteiger partial charge in [-0.2, -0.15) is 8.78 Å². The second-order valence-electron chi connectivity index (χ2n) is 7.91. The van der Waals surface area contributed by atoms with Crippen molar-refractivity contribution in [2.24, 2.45) is 10.9 Å². The van der Waals surface area contributed by atoms with E-state index in [0.717, 1.165) is 58.0 Å². The molecule has 1 aromatic carbocycles. The Morgan fingerprint density at radius 3 is 2.71 bits per heavy atom. The second-order valence-corrected chi connectivity index (χ2v) is 7.91. The first kappa shape index (κ1) is 23.7. The number of morpholine rings is 1. The van der Waals surface area contributed by atoms with Crippen molar-refractivity contribution < 1.29 is 23.0 Å². The Labute approximate surface area is 183 Å². The number of halogens is 2. The van der Waals surface area contributed by atoms with E-state index in [2.05, 4.69) is 25.3 Å². The van der Waals surface area contributed by atoms with E-state index in [4.69, 9.17) is 9.47 Å². The zero-order chi connectivity index (χ0) is 22.1. The molecule has 0 amide bonds. The number of benzene rings is 1. The molecule has 0 bridgehead atoms. The Kier molecular flexibility index (Phi) is 9.30. The molecule has 1 aromatic rings. The van der Waals surface area contributed by atoms with Crippen molar-refractivity contribution >= 4 is 5.96 Å². The molecule has 9 heteroatoms.